The number of rotatable bonds is 7. The summed E-state index contributed by atoms with van der Waals surface area (Å²) < 4.78 is 6.74. The lowest BCUT2D eigenvalue weighted by Crippen LogP contribution is -2.13. The Morgan fingerprint density at radius 2 is 2.29 bits per heavy atom. The summed E-state index contributed by atoms with van der Waals surface area (Å²) in [5.41, 5.74) is 1.38. The zero-order valence-electron chi connectivity index (χ0n) is 11.9. The Morgan fingerprint density at radius 3 is 2.95 bits per heavy atom. The lowest BCUT2D eigenvalue weighted by Gasteiger charge is -2.07. The van der Waals surface area contributed by atoms with Gasteiger partial charge in [-0.15, -0.1) is 5.10 Å². The second-order valence-electron chi connectivity index (χ2n) is 4.44. The van der Waals surface area contributed by atoms with Gasteiger partial charge in [0.05, 0.1) is 30.0 Å². The summed E-state index contributed by atoms with van der Waals surface area (Å²) in [5.74, 6) is 0.377. The molecule has 0 amide bonds. The first kappa shape index (κ1) is 14.9. The molecule has 0 atom stereocenters. The summed E-state index contributed by atoms with van der Waals surface area (Å²) >= 11 is 0. The molecule has 0 saturated heterocycles. The Labute approximate surface area is 121 Å². The Hall–Kier alpha value is -2.48. The molecule has 1 N–H and O–H groups in total. The Morgan fingerprint density at radius 1 is 1.48 bits per heavy atom. The van der Waals surface area contributed by atoms with Crippen LogP contribution in [0.3, 0.4) is 0 Å². The molecule has 8 heteroatoms. The summed E-state index contributed by atoms with van der Waals surface area (Å²) in [6, 6.07) is 4.37. The predicted octanol–water partition coefficient (Wildman–Crippen LogP) is 1.68. The molecule has 2 rings (SSSR count). The smallest absolute Gasteiger partial charge is 0.273 e. The van der Waals surface area contributed by atoms with Crippen LogP contribution in [0.1, 0.15) is 19.0 Å². The van der Waals surface area contributed by atoms with Crippen LogP contribution in [0.4, 0.5) is 5.69 Å². The van der Waals surface area contributed by atoms with Gasteiger partial charge in [0.1, 0.15) is 5.69 Å². The van der Waals surface area contributed by atoms with E-state index in [1.54, 1.807) is 16.9 Å². The highest BCUT2D eigenvalue weighted by molar-refractivity contribution is 5.52. The van der Waals surface area contributed by atoms with Crippen LogP contribution in [0.25, 0.3) is 5.69 Å². The Balaban J connectivity index is 2.23. The minimum atomic E-state index is -0.465. The zero-order valence-corrected chi connectivity index (χ0v) is 11.9. The van der Waals surface area contributed by atoms with Gasteiger partial charge in [-0.2, -0.15) is 0 Å². The van der Waals surface area contributed by atoms with Crippen molar-refractivity contribution in [1.82, 2.24) is 20.3 Å². The molecular weight excluding hydrogens is 274 g/mol. The molecule has 0 fully saturated rings. The minimum absolute atomic E-state index is 0.0273. The maximum atomic E-state index is 10.8. The highest BCUT2D eigenvalue weighted by atomic mass is 16.6. The molecule has 1 aromatic carbocycles. The quantitative estimate of drug-likeness (QED) is 0.474. The van der Waals surface area contributed by atoms with Crippen molar-refractivity contribution in [3.8, 4) is 11.4 Å². The molecule has 0 aliphatic rings. The average molecular weight is 291 g/mol. The van der Waals surface area contributed by atoms with Gasteiger partial charge < -0.3 is 10.1 Å². The third-order valence-electron chi connectivity index (χ3n) is 2.89. The molecule has 0 spiro atoms. The first-order chi connectivity index (χ1) is 10.2. The zero-order chi connectivity index (χ0) is 15.2. The third-order valence-corrected chi connectivity index (χ3v) is 2.89. The summed E-state index contributed by atoms with van der Waals surface area (Å²) in [6.45, 7) is 3.63. The minimum Gasteiger partial charge on any atom is -0.494 e. The summed E-state index contributed by atoms with van der Waals surface area (Å²) in [6.07, 6.45) is 2.82. The molecule has 0 aliphatic heterocycles. The van der Waals surface area contributed by atoms with Crippen LogP contribution < -0.4 is 10.1 Å². The number of nitro groups is 1. The summed E-state index contributed by atoms with van der Waals surface area (Å²) in [5, 5.41) is 22.1. The molecule has 0 radical (unpaired) electrons. The van der Waals surface area contributed by atoms with Crippen molar-refractivity contribution in [3.63, 3.8) is 0 Å². The molecule has 1 heterocycles. The van der Waals surface area contributed by atoms with Gasteiger partial charge in [0, 0.05) is 12.6 Å². The number of nitro benzene ring substituents is 1. The maximum absolute atomic E-state index is 10.8. The lowest BCUT2D eigenvalue weighted by atomic mass is 10.2. The standard InChI is InChI=1S/C13H17N5O3/c1-3-6-14-8-10-9-17(16-15-10)12-5-4-11(18(19)20)7-13(12)21-2/h4-5,7,9,14H,3,6,8H2,1-2H3. The number of nitrogens with zero attached hydrogens (tertiary/aromatic N) is 4. The van der Waals surface area contributed by atoms with E-state index in [4.69, 9.17) is 4.74 Å². The van der Waals surface area contributed by atoms with Crippen LogP contribution in [0.5, 0.6) is 5.75 Å². The normalized spacial score (nSPS) is 10.6. The fraction of sp³-hybridized carbons (Fsp3) is 0.385. The van der Waals surface area contributed by atoms with E-state index in [1.807, 2.05) is 0 Å². The van der Waals surface area contributed by atoms with E-state index in [0.29, 0.717) is 18.0 Å². The topological polar surface area (TPSA) is 95.1 Å². The fourth-order valence-corrected chi connectivity index (χ4v) is 1.86. The van der Waals surface area contributed by atoms with Crippen molar-refractivity contribution in [2.24, 2.45) is 0 Å². The van der Waals surface area contributed by atoms with Crippen LogP contribution >= 0.6 is 0 Å². The van der Waals surface area contributed by atoms with E-state index >= 15 is 0 Å². The molecule has 112 valence electrons. The van der Waals surface area contributed by atoms with Gasteiger partial charge in [-0.3, -0.25) is 10.1 Å². The predicted molar refractivity (Wildman–Crippen MR) is 76.6 cm³/mol. The fourth-order valence-electron chi connectivity index (χ4n) is 1.86. The van der Waals surface area contributed by atoms with E-state index in [2.05, 4.69) is 22.6 Å². The van der Waals surface area contributed by atoms with Gasteiger partial charge in [-0.05, 0) is 19.0 Å². The third kappa shape index (κ3) is 3.54. The Bertz CT molecular complexity index is 626. The van der Waals surface area contributed by atoms with Crippen molar-refractivity contribution < 1.29 is 9.66 Å². The molecule has 21 heavy (non-hydrogen) atoms. The SMILES string of the molecule is CCCNCc1cn(-c2ccc([N+](=O)[O-])cc2OC)nn1. The molecule has 2 aromatic rings. The highest BCUT2D eigenvalue weighted by Crippen LogP contribution is 2.27. The molecule has 1 aromatic heterocycles. The van der Waals surface area contributed by atoms with Crippen LogP contribution in [-0.4, -0.2) is 33.6 Å². The number of methoxy groups -OCH3 is 1. The molecule has 0 bridgehead atoms. The first-order valence-corrected chi connectivity index (χ1v) is 6.60. The second-order valence-corrected chi connectivity index (χ2v) is 4.44. The number of non-ortho nitro benzene ring substituents is 1. The first-order valence-electron chi connectivity index (χ1n) is 6.60. The van der Waals surface area contributed by atoms with Crippen molar-refractivity contribution in [1.29, 1.82) is 0 Å². The number of hydrogen-bond acceptors (Lipinski definition) is 6. The van der Waals surface area contributed by atoms with Gasteiger partial charge in [-0.1, -0.05) is 12.1 Å². The Kier molecular flexibility index (Phi) is 4.83. The number of hydrogen-bond donors (Lipinski definition) is 1. The molecular formula is C13H17N5O3. The number of benzene rings is 1. The maximum Gasteiger partial charge on any atom is 0.273 e. The van der Waals surface area contributed by atoms with Gasteiger partial charge in [0.2, 0.25) is 0 Å². The monoisotopic (exact) mass is 291 g/mol. The molecule has 8 nitrogen and oxygen atoms in total. The van der Waals surface area contributed by atoms with Crippen LogP contribution in [-0.2, 0) is 6.54 Å². The van der Waals surface area contributed by atoms with Crippen molar-refractivity contribution >= 4 is 5.69 Å². The van der Waals surface area contributed by atoms with Crippen molar-refractivity contribution in [3.05, 3.63) is 40.2 Å². The molecule has 0 unspecified atom stereocenters. The lowest BCUT2D eigenvalue weighted by molar-refractivity contribution is -0.384. The van der Waals surface area contributed by atoms with Gasteiger partial charge in [0.15, 0.2) is 5.75 Å². The van der Waals surface area contributed by atoms with Gasteiger partial charge in [-0.25, -0.2) is 4.68 Å². The van der Waals surface area contributed by atoms with Gasteiger partial charge >= 0.3 is 0 Å². The van der Waals surface area contributed by atoms with Crippen molar-refractivity contribution in [2.45, 2.75) is 19.9 Å². The molecule has 0 aliphatic carbocycles. The van der Waals surface area contributed by atoms with Crippen LogP contribution in [0.2, 0.25) is 0 Å². The highest BCUT2D eigenvalue weighted by Gasteiger charge is 2.14. The molecule has 0 saturated carbocycles. The second kappa shape index (κ2) is 6.80. The van der Waals surface area contributed by atoms with E-state index in [-0.39, 0.29) is 5.69 Å². The van der Waals surface area contributed by atoms with Gasteiger partial charge in [0.25, 0.3) is 5.69 Å². The van der Waals surface area contributed by atoms with Crippen LogP contribution in [0.15, 0.2) is 24.4 Å². The number of aromatic nitrogens is 3. The van der Waals surface area contributed by atoms with E-state index in [9.17, 15) is 10.1 Å². The number of nitrogens with one attached hydrogen (secondary N) is 1. The summed E-state index contributed by atoms with van der Waals surface area (Å²) in [7, 11) is 1.46. The summed E-state index contributed by atoms with van der Waals surface area (Å²) in [4.78, 5) is 10.3. The largest absolute Gasteiger partial charge is 0.494 e. The van der Waals surface area contributed by atoms with E-state index < -0.39 is 4.92 Å². The van der Waals surface area contributed by atoms with Crippen LogP contribution in [0, 0.1) is 10.1 Å². The van der Waals surface area contributed by atoms with Crippen molar-refractivity contribution in [2.75, 3.05) is 13.7 Å². The number of ether oxygens (including phenoxy) is 1. The average Bonchev–Trinajstić information content (AvgIpc) is 2.95. The van der Waals surface area contributed by atoms with E-state index in [1.165, 1.54) is 19.2 Å². The van der Waals surface area contributed by atoms with E-state index in [0.717, 1.165) is 18.7 Å².